The van der Waals surface area contributed by atoms with E-state index in [4.69, 9.17) is 4.74 Å². The average Bonchev–Trinajstić information content (AvgIpc) is 2.74. The van der Waals surface area contributed by atoms with E-state index in [0.29, 0.717) is 12.6 Å². The first kappa shape index (κ1) is 16.5. The second-order valence-corrected chi connectivity index (χ2v) is 6.57. The normalized spacial score (nSPS) is 17.5. The van der Waals surface area contributed by atoms with Gasteiger partial charge in [-0.05, 0) is 30.7 Å². The summed E-state index contributed by atoms with van der Waals surface area (Å²) in [6, 6.07) is 16.4. The maximum atomic E-state index is 12.2. The number of fused-ring (bicyclic) bond motifs is 1. The molecule has 0 radical (unpaired) electrons. The van der Waals surface area contributed by atoms with Crippen LogP contribution in [0, 0.1) is 0 Å². The summed E-state index contributed by atoms with van der Waals surface area (Å²) in [5.74, 6) is 1.01. The Morgan fingerprint density at radius 3 is 2.79 bits per heavy atom. The molecule has 3 rings (SSSR count). The summed E-state index contributed by atoms with van der Waals surface area (Å²) in [5, 5.41) is 0. The highest BCUT2D eigenvalue weighted by molar-refractivity contribution is 5.94. The fourth-order valence-electron chi connectivity index (χ4n) is 2.97. The van der Waals surface area contributed by atoms with E-state index in [1.165, 1.54) is 5.56 Å². The van der Waals surface area contributed by atoms with Crippen LogP contribution in [-0.2, 0) is 13.1 Å². The Bertz CT molecular complexity index is 727. The third-order valence-corrected chi connectivity index (χ3v) is 4.42. The summed E-state index contributed by atoms with van der Waals surface area (Å²) in [6.45, 7) is 4.50. The summed E-state index contributed by atoms with van der Waals surface area (Å²) in [4.78, 5) is 16.2. The van der Waals surface area contributed by atoms with Crippen LogP contribution in [0.4, 0.5) is 0 Å². The van der Waals surface area contributed by atoms with Crippen LogP contribution in [-0.4, -0.2) is 42.5 Å². The number of ether oxygens (including phenoxy) is 1. The van der Waals surface area contributed by atoms with Crippen molar-refractivity contribution < 1.29 is 9.53 Å². The standard InChI is InChI=1S/C20H24N2O2/c1-15-14-24-19-10-5-4-8-18(19)13-22(15)12-16-7-6-9-17(11-16)20(23)21(2)3/h4-11,15H,12-14H2,1-3H3. The fraction of sp³-hybridized carbons (Fsp3) is 0.350. The highest BCUT2D eigenvalue weighted by Gasteiger charge is 2.21. The van der Waals surface area contributed by atoms with Gasteiger partial charge in [-0.15, -0.1) is 0 Å². The molecule has 0 fully saturated rings. The molecule has 1 aliphatic rings. The highest BCUT2D eigenvalue weighted by atomic mass is 16.5. The third kappa shape index (κ3) is 3.60. The van der Waals surface area contributed by atoms with Crippen LogP contribution in [0.25, 0.3) is 0 Å². The zero-order chi connectivity index (χ0) is 17.1. The van der Waals surface area contributed by atoms with Gasteiger partial charge in [-0.25, -0.2) is 0 Å². The molecule has 2 aromatic carbocycles. The molecule has 1 heterocycles. The van der Waals surface area contributed by atoms with Gasteiger partial charge < -0.3 is 9.64 Å². The second kappa shape index (κ2) is 7.05. The number of para-hydroxylation sites is 1. The minimum atomic E-state index is 0.0365. The largest absolute Gasteiger partial charge is 0.492 e. The Morgan fingerprint density at radius 1 is 1.21 bits per heavy atom. The quantitative estimate of drug-likeness (QED) is 0.869. The molecule has 4 heteroatoms. The van der Waals surface area contributed by atoms with Gasteiger partial charge in [-0.1, -0.05) is 30.3 Å². The van der Waals surface area contributed by atoms with Crippen molar-refractivity contribution in [3.05, 3.63) is 65.2 Å². The molecule has 0 aliphatic carbocycles. The van der Waals surface area contributed by atoms with Gasteiger partial charge in [0.15, 0.2) is 0 Å². The minimum absolute atomic E-state index is 0.0365. The molecule has 0 spiro atoms. The maximum Gasteiger partial charge on any atom is 0.253 e. The van der Waals surface area contributed by atoms with Crippen LogP contribution in [0.2, 0.25) is 0 Å². The van der Waals surface area contributed by atoms with E-state index in [1.807, 2.05) is 36.4 Å². The van der Waals surface area contributed by atoms with Crippen molar-refractivity contribution in [2.45, 2.75) is 26.1 Å². The lowest BCUT2D eigenvalue weighted by Crippen LogP contribution is -2.34. The number of hydrogen-bond acceptors (Lipinski definition) is 3. The number of hydrogen-bond donors (Lipinski definition) is 0. The molecule has 1 aliphatic heterocycles. The fourth-order valence-corrected chi connectivity index (χ4v) is 2.97. The lowest BCUT2D eigenvalue weighted by Gasteiger charge is -2.26. The van der Waals surface area contributed by atoms with E-state index in [9.17, 15) is 4.79 Å². The van der Waals surface area contributed by atoms with Crippen LogP contribution in [0.3, 0.4) is 0 Å². The van der Waals surface area contributed by atoms with Gasteiger partial charge >= 0.3 is 0 Å². The van der Waals surface area contributed by atoms with Gasteiger partial charge in [-0.3, -0.25) is 9.69 Å². The predicted molar refractivity (Wildman–Crippen MR) is 95.1 cm³/mol. The summed E-state index contributed by atoms with van der Waals surface area (Å²) in [7, 11) is 3.56. The van der Waals surface area contributed by atoms with Crippen molar-refractivity contribution in [1.82, 2.24) is 9.80 Å². The third-order valence-electron chi connectivity index (χ3n) is 4.42. The Balaban J connectivity index is 1.80. The molecule has 0 saturated heterocycles. The van der Waals surface area contributed by atoms with Crippen molar-refractivity contribution in [2.75, 3.05) is 20.7 Å². The Labute approximate surface area is 143 Å². The SMILES string of the molecule is CC1COc2ccccc2CN1Cc1cccc(C(=O)N(C)C)c1. The van der Waals surface area contributed by atoms with E-state index >= 15 is 0 Å². The summed E-state index contributed by atoms with van der Waals surface area (Å²) < 4.78 is 5.92. The number of benzene rings is 2. The van der Waals surface area contributed by atoms with Crippen LogP contribution in [0.1, 0.15) is 28.4 Å². The number of rotatable bonds is 3. The molecule has 1 unspecified atom stereocenters. The van der Waals surface area contributed by atoms with Gasteiger partial charge in [-0.2, -0.15) is 0 Å². The maximum absolute atomic E-state index is 12.2. The lowest BCUT2D eigenvalue weighted by atomic mass is 10.1. The van der Waals surface area contributed by atoms with Crippen molar-refractivity contribution in [3.8, 4) is 5.75 Å². The number of nitrogens with zero attached hydrogens (tertiary/aromatic N) is 2. The van der Waals surface area contributed by atoms with Gasteiger partial charge in [0.2, 0.25) is 0 Å². The van der Waals surface area contributed by atoms with Gasteiger partial charge in [0.25, 0.3) is 5.91 Å². The summed E-state index contributed by atoms with van der Waals surface area (Å²) >= 11 is 0. The number of carbonyl (C=O) groups is 1. The van der Waals surface area contributed by atoms with Crippen LogP contribution in [0.5, 0.6) is 5.75 Å². The molecule has 0 N–H and O–H groups in total. The van der Waals surface area contributed by atoms with E-state index in [2.05, 4.69) is 24.0 Å². The van der Waals surface area contributed by atoms with E-state index in [1.54, 1.807) is 19.0 Å². The number of amides is 1. The molecule has 1 atom stereocenters. The average molecular weight is 324 g/mol. The number of carbonyl (C=O) groups excluding carboxylic acids is 1. The molecule has 4 nitrogen and oxygen atoms in total. The molecule has 0 saturated carbocycles. The molecule has 24 heavy (non-hydrogen) atoms. The predicted octanol–water partition coefficient (Wildman–Crippen LogP) is 3.17. The zero-order valence-electron chi connectivity index (χ0n) is 14.5. The lowest BCUT2D eigenvalue weighted by molar-refractivity contribution is 0.0827. The minimum Gasteiger partial charge on any atom is -0.492 e. The van der Waals surface area contributed by atoms with Crippen LogP contribution in [0.15, 0.2) is 48.5 Å². The summed E-state index contributed by atoms with van der Waals surface area (Å²) in [6.07, 6.45) is 0. The van der Waals surface area contributed by atoms with Gasteiger partial charge in [0.05, 0.1) is 0 Å². The first-order valence-corrected chi connectivity index (χ1v) is 8.30. The van der Waals surface area contributed by atoms with Crippen molar-refractivity contribution in [2.24, 2.45) is 0 Å². The summed E-state index contributed by atoms with van der Waals surface area (Å²) in [5.41, 5.74) is 3.09. The highest BCUT2D eigenvalue weighted by Crippen LogP contribution is 2.26. The topological polar surface area (TPSA) is 32.8 Å². The second-order valence-electron chi connectivity index (χ2n) is 6.57. The molecule has 0 bridgehead atoms. The first-order chi connectivity index (χ1) is 11.5. The van der Waals surface area contributed by atoms with Crippen LogP contribution < -0.4 is 4.74 Å². The van der Waals surface area contributed by atoms with E-state index in [-0.39, 0.29) is 5.91 Å². The first-order valence-electron chi connectivity index (χ1n) is 8.30. The monoisotopic (exact) mass is 324 g/mol. The Kier molecular flexibility index (Phi) is 4.86. The van der Waals surface area contributed by atoms with Crippen molar-refractivity contribution in [3.63, 3.8) is 0 Å². The van der Waals surface area contributed by atoms with Gasteiger partial charge in [0.1, 0.15) is 12.4 Å². The Morgan fingerprint density at radius 2 is 2.00 bits per heavy atom. The van der Waals surface area contributed by atoms with Crippen molar-refractivity contribution in [1.29, 1.82) is 0 Å². The van der Waals surface area contributed by atoms with Gasteiger partial charge in [0, 0.05) is 44.4 Å². The van der Waals surface area contributed by atoms with E-state index in [0.717, 1.165) is 30.0 Å². The molecule has 2 aromatic rings. The molecule has 126 valence electrons. The molecule has 1 amide bonds. The zero-order valence-corrected chi connectivity index (χ0v) is 14.5. The molecular weight excluding hydrogens is 300 g/mol. The molecular formula is C20H24N2O2. The Hall–Kier alpha value is -2.33. The van der Waals surface area contributed by atoms with Crippen LogP contribution >= 0.6 is 0 Å². The smallest absolute Gasteiger partial charge is 0.253 e. The molecule has 0 aromatic heterocycles. The van der Waals surface area contributed by atoms with Crippen molar-refractivity contribution >= 4 is 5.91 Å². The van der Waals surface area contributed by atoms with E-state index < -0.39 is 0 Å².